The van der Waals surface area contributed by atoms with E-state index in [2.05, 4.69) is 39.6 Å². The Balaban J connectivity index is 2.71. The Labute approximate surface area is 88.8 Å². The molecule has 0 radical (unpaired) electrons. The first-order chi connectivity index (χ1) is 6.43. The van der Waals surface area contributed by atoms with Crippen LogP contribution in [-0.2, 0) is 0 Å². The van der Waals surface area contributed by atoms with E-state index in [1.807, 2.05) is 0 Å². The summed E-state index contributed by atoms with van der Waals surface area (Å²) in [5.41, 5.74) is 6.24. The Bertz CT molecular complexity index is 145. The standard InChI is InChI=1S/C12H26N2/c1-8-6-10(3)14(5)11(4)7-9(2)12(8)13/h8-12H,6-7,13H2,1-5H3. The minimum atomic E-state index is 0.383. The highest BCUT2D eigenvalue weighted by Crippen LogP contribution is 2.26. The molecule has 1 heterocycles. The molecule has 0 aliphatic carbocycles. The van der Waals surface area contributed by atoms with Crippen LogP contribution in [0.1, 0.15) is 40.5 Å². The van der Waals surface area contributed by atoms with Gasteiger partial charge in [-0.05, 0) is 45.6 Å². The lowest BCUT2D eigenvalue weighted by Gasteiger charge is -2.40. The van der Waals surface area contributed by atoms with Crippen LogP contribution in [0.3, 0.4) is 0 Å². The first kappa shape index (κ1) is 12.0. The van der Waals surface area contributed by atoms with Gasteiger partial charge in [0, 0.05) is 18.1 Å². The maximum absolute atomic E-state index is 6.24. The van der Waals surface area contributed by atoms with Crippen molar-refractivity contribution in [2.24, 2.45) is 17.6 Å². The van der Waals surface area contributed by atoms with E-state index < -0.39 is 0 Å². The number of nitrogens with two attached hydrogens (primary N) is 1. The van der Waals surface area contributed by atoms with Gasteiger partial charge in [0.1, 0.15) is 0 Å². The van der Waals surface area contributed by atoms with Gasteiger partial charge in [0.05, 0.1) is 0 Å². The molecule has 1 fully saturated rings. The first-order valence-corrected chi connectivity index (χ1v) is 5.91. The summed E-state index contributed by atoms with van der Waals surface area (Å²) >= 11 is 0. The first-order valence-electron chi connectivity index (χ1n) is 5.91. The van der Waals surface area contributed by atoms with E-state index in [1.165, 1.54) is 12.8 Å². The molecule has 14 heavy (non-hydrogen) atoms. The summed E-state index contributed by atoms with van der Waals surface area (Å²) in [7, 11) is 2.24. The van der Waals surface area contributed by atoms with E-state index in [4.69, 9.17) is 5.73 Å². The van der Waals surface area contributed by atoms with Crippen molar-refractivity contribution < 1.29 is 0 Å². The van der Waals surface area contributed by atoms with Crippen LogP contribution in [0.2, 0.25) is 0 Å². The lowest BCUT2D eigenvalue weighted by atomic mass is 9.81. The molecule has 4 unspecified atom stereocenters. The minimum absolute atomic E-state index is 0.383. The second kappa shape index (κ2) is 4.63. The average molecular weight is 198 g/mol. The third-order valence-electron chi connectivity index (χ3n) is 4.13. The van der Waals surface area contributed by atoms with Crippen molar-refractivity contribution in [1.29, 1.82) is 0 Å². The lowest BCUT2D eigenvalue weighted by Crippen LogP contribution is -2.47. The molecule has 0 bridgehead atoms. The van der Waals surface area contributed by atoms with Crippen LogP contribution in [0, 0.1) is 11.8 Å². The van der Waals surface area contributed by atoms with Crippen LogP contribution in [0.15, 0.2) is 0 Å². The highest BCUT2D eigenvalue weighted by molar-refractivity contribution is 4.85. The van der Waals surface area contributed by atoms with Gasteiger partial charge in [-0.1, -0.05) is 13.8 Å². The van der Waals surface area contributed by atoms with Gasteiger partial charge in [0.25, 0.3) is 0 Å². The Morgan fingerprint density at radius 3 is 1.64 bits per heavy atom. The summed E-state index contributed by atoms with van der Waals surface area (Å²) in [5, 5.41) is 0. The number of hydrogen-bond acceptors (Lipinski definition) is 2. The van der Waals surface area contributed by atoms with E-state index in [0.717, 1.165) is 0 Å². The fraction of sp³-hybridized carbons (Fsp3) is 1.00. The maximum Gasteiger partial charge on any atom is 0.00915 e. The summed E-state index contributed by atoms with van der Waals surface area (Å²) in [4.78, 5) is 2.50. The van der Waals surface area contributed by atoms with Gasteiger partial charge in [-0.25, -0.2) is 0 Å². The van der Waals surface area contributed by atoms with Gasteiger partial charge < -0.3 is 10.6 Å². The zero-order valence-corrected chi connectivity index (χ0v) is 10.3. The molecule has 1 aliphatic rings. The molecule has 1 saturated heterocycles. The molecule has 1 aliphatic heterocycles. The predicted molar refractivity (Wildman–Crippen MR) is 62.2 cm³/mol. The summed E-state index contributed by atoms with van der Waals surface area (Å²) in [6, 6.07) is 1.71. The normalized spacial score (nSPS) is 47.1. The maximum atomic E-state index is 6.24. The van der Waals surface area contributed by atoms with Crippen molar-refractivity contribution in [2.45, 2.75) is 58.7 Å². The Kier molecular flexibility index (Phi) is 3.96. The molecular weight excluding hydrogens is 172 g/mol. The molecule has 0 saturated carbocycles. The second-order valence-corrected chi connectivity index (χ2v) is 5.37. The molecule has 84 valence electrons. The van der Waals surface area contributed by atoms with Gasteiger partial charge in [-0.15, -0.1) is 0 Å². The van der Waals surface area contributed by atoms with Gasteiger partial charge in [-0.3, -0.25) is 0 Å². The fourth-order valence-electron chi connectivity index (χ4n) is 2.72. The zero-order valence-electron chi connectivity index (χ0n) is 10.3. The van der Waals surface area contributed by atoms with Crippen LogP contribution in [0.5, 0.6) is 0 Å². The molecule has 0 aromatic rings. The van der Waals surface area contributed by atoms with Crippen LogP contribution in [-0.4, -0.2) is 30.1 Å². The highest BCUT2D eigenvalue weighted by Gasteiger charge is 2.29. The summed E-state index contributed by atoms with van der Waals surface area (Å²) < 4.78 is 0. The van der Waals surface area contributed by atoms with E-state index in [0.29, 0.717) is 30.0 Å². The van der Waals surface area contributed by atoms with Crippen LogP contribution >= 0.6 is 0 Å². The third kappa shape index (κ3) is 2.48. The molecule has 0 spiro atoms. The Morgan fingerprint density at radius 1 is 0.929 bits per heavy atom. The number of nitrogens with zero attached hydrogens (tertiary/aromatic N) is 1. The minimum Gasteiger partial charge on any atom is -0.327 e. The molecule has 0 amide bonds. The number of rotatable bonds is 0. The topological polar surface area (TPSA) is 29.3 Å². The molecule has 0 aromatic carbocycles. The van der Waals surface area contributed by atoms with Gasteiger partial charge in [0.15, 0.2) is 0 Å². The van der Waals surface area contributed by atoms with Crippen molar-refractivity contribution >= 4 is 0 Å². The van der Waals surface area contributed by atoms with Crippen molar-refractivity contribution in [2.75, 3.05) is 7.05 Å². The Hall–Kier alpha value is -0.0800. The molecular formula is C12H26N2. The molecule has 1 rings (SSSR count). The smallest absolute Gasteiger partial charge is 0.00915 e. The monoisotopic (exact) mass is 198 g/mol. The third-order valence-corrected chi connectivity index (χ3v) is 4.13. The molecule has 0 aromatic heterocycles. The van der Waals surface area contributed by atoms with Crippen molar-refractivity contribution in [3.8, 4) is 0 Å². The van der Waals surface area contributed by atoms with E-state index in [-0.39, 0.29) is 0 Å². The predicted octanol–water partition coefficient (Wildman–Crippen LogP) is 2.09. The van der Waals surface area contributed by atoms with E-state index in [9.17, 15) is 0 Å². The van der Waals surface area contributed by atoms with Crippen molar-refractivity contribution in [3.63, 3.8) is 0 Å². The highest BCUT2D eigenvalue weighted by atomic mass is 15.2. The van der Waals surface area contributed by atoms with Crippen molar-refractivity contribution in [1.82, 2.24) is 4.90 Å². The number of hydrogen-bond donors (Lipinski definition) is 1. The largest absolute Gasteiger partial charge is 0.327 e. The van der Waals surface area contributed by atoms with Gasteiger partial charge >= 0.3 is 0 Å². The Morgan fingerprint density at radius 2 is 1.29 bits per heavy atom. The number of likely N-dealkylation sites (tertiary alicyclic amines) is 1. The average Bonchev–Trinajstić information content (AvgIpc) is 2.13. The zero-order chi connectivity index (χ0) is 10.9. The SMILES string of the molecule is CC1CC(C)N(C)C(C)CC(C)C1N. The van der Waals surface area contributed by atoms with Crippen LogP contribution in [0.25, 0.3) is 0 Å². The molecule has 2 nitrogen and oxygen atoms in total. The molecule has 2 N–H and O–H groups in total. The van der Waals surface area contributed by atoms with E-state index in [1.54, 1.807) is 0 Å². The summed E-state index contributed by atoms with van der Waals surface area (Å²) in [6.07, 6.45) is 2.46. The van der Waals surface area contributed by atoms with Gasteiger partial charge in [-0.2, -0.15) is 0 Å². The molecule has 2 heteroatoms. The van der Waals surface area contributed by atoms with Crippen LogP contribution in [0.4, 0.5) is 0 Å². The van der Waals surface area contributed by atoms with Crippen molar-refractivity contribution in [3.05, 3.63) is 0 Å². The fourth-order valence-corrected chi connectivity index (χ4v) is 2.72. The quantitative estimate of drug-likeness (QED) is 0.646. The lowest BCUT2D eigenvalue weighted by molar-refractivity contribution is 0.109. The van der Waals surface area contributed by atoms with E-state index >= 15 is 0 Å². The second-order valence-electron chi connectivity index (χ2n) is 5.37. The summed E-state index contributed by atoms with van der Waals surface area (Å²) in [5.74, 6) is 1.30. The summed E-state index contributed by atoms with van der Waals surface area (Å²) in [6.45, 7) is 9.22. The van der Waals surface area contributed by atoms with Crippen LogP contribution < -0.4 is 5.73 Å². The molecule has 4 atom stereocenters. The van der Waals surface area contributed by atoms with Gasteiger partial charge in [0.2, 0.25) is 0 Å².